The zero-order valence-electron chi connectivity index (χ0n) is 16.3. The Balaban J connectivity index is 2.03. The first-order valence-corrected chi connectivity index (χ1v) is 9.37. The van der Waals surface area contributed by atoms with Gasteiger partial charge in [-0.2, -0.15) is 0 Å². The number of aromatic nitrogens is 2. The fraction of sp³-hybridized carbons (Fsp3) is 0.250. The Hall–Kier alpha value is -3.60. The second-order valence-corrected chi connectivity index (χ2v) is 7.26. The average molecular weight is 433 g/mol. The lowest BCUT2D eigenvalue weighted by Crippen LogP contribution is -2.30. The number of fused-ring (bicyclic) bond motifs is 1. The molecule has 162 valence electrons. The fourth-order valence-corrected chi connectivity index (χ4v) is 3.70. The number of likely N-dealkylation sites (N-methyl/N-ethyl adjacent to an activating group) is 1. The van der Waals surface area contributed by atoms with Crippen molar-refractivity contribution in [1.29, 1.82) is 0 Å². The monoisotopic (exact) mass is 433 g/mol. The number of nitrogens with one attached hydrogen (secondary N) is 1. The molecule has 8 nitrogen and oxygen atoms in total. The Morgan fingerprint density at radius 2 is 1.97 bits per heavy atom. The van der Waals surface area contributed by atoms with Crippen molar-refractivity contribution in [2.45, 2.75) is 12.5 Å². The number of halogens is 3. The second kappa shape index (κ2) is 7.58. The molecule has 11 heteroatoms. The summed E-state index contributed by atoms with van der Waals surface area (Å²) in [5.41, 5.74) is 2.97. The van der Waals surface area contributed by atoms with Crippen LogP contribution in [0, 0.1) is 17.5 Å². The number of nitrogens with zero attached hydrogens (tertiary/aromatic N) is 3. The highest BCUT2D eigenvalue weighted by Gasteiger charge is 2.27. The lowest BCUT2D eigenvalue weighted by molar-refractivity contribution is 0.0695. The van der Waals surface area contributed by atoms with Gasteiger partial charge in [0, 0.05) is 31.4 Å². The van der Waals surface area contributed by atoms with E-state index in [1.807, 2.05) is 0 Å². The van der Waals surface area contributed by atoms with Gasteiger partial charge in [0.1, 0.15) is 17.2 Å². The quantitative estimate of drug-likeness (QED) is 0.539. The van der Waals surface area contributed by atoms with Crippen molar-refractivity contribution in [3.05, 3.63) is 57.6 Å². The number of carboxylic acid groups (broad SMARTS) is 1. The molecule has 0 saturated carbocycles. The van der Waals surface area contributed by atoms with Crippen molar-refractivity contribution in [2.75, 3.05) is 30.8 Å². The zero-order valence-corrected chi connectivity index (χ0v) is 16.3. The minimum Gasteiger partial charge on any atom is -0.477 e. The van der Waals surface area contributed by atoms with E-state index in [1.165, 1.54) is 0 Å². The van der Waals surface area contributed by atoms with Gasteiger partial charge in [-0.15, -0.1) is 0 Å². The summed E-state index contributed by atoms with van der Waals surface area (Å²) in [6, 6.07) is 2.50. The highest BCUT2D eigenvalue weighted by Crippen LogP contribution is 2.28. The molecule has 1 atom stereocenters. The minimum absolute atomic E-state index is 0.0584. The molecular formula is C20H18F3N5O3. The maximum absolute atomic E-state index is 14.9. The highest BCUT2D eigenvalue weighted by molar-refractivity contribution is 5.92. The van der Waals surface area contributed by atoms with Gasteiger partial charge in [0.05, 0.1) is 16.8 Å². The number of benzene rings is 1. The third-order valence-corrected chi connectivity index (χ3v) is 5.37. The number of carboxylic acids is 1. The standard InChI is InChI=1S/C20H18F3N5O3/c1-25-9-2-3-27(7-9)19-14(23)4-10-17(29)11(20(30)31)8-28(18(10)26-19)16-6-15(24)12(21)5-13(16)22/h4-6,8-9,25H,2-3,7,24H2,1H3,(H,30,31)/t9-/m0/s1. The Kier molecular flexibility index (Phi) is 5.05. The van der Waals surface area contributed by atoms with Crippen LogP contribution in [0.25, 0.3) is 16.7 Å². The number of pyridine rings is 2. The van der Waals surface area contributed by atoms with E-state index < -0.39 is 34.4 Å². The summed E-state index contributed by atoms with van der Waals surface area (Å²) in [5, 5.41) is 12.1. The van der Waals surface area contributed by atoms with Crippen LogP contribution in [0.3, 0.4) is 0 Å². The SMILES string of the molecule is CN[C@H]1CCN(c2nc3c(cc2F)c(=O)c(C(=O)O)cn3-c2cc(N)c(F)cc2F)C1. The van der Waals surface area contributed by atoms with Crippen LogP contribution < -0.4 is 21.4 Å². The van der Waals surface area contributed by atoms with Crippen molar-refractivity contribution < 1.29 is 23.1 Å². The summed E-state index contributed by atoms with van der Waals surface area (Å²) in [5.74, 6) is -4.51. The van der Waals surface area contributed by atoms with Crippen molar-refractivity contribution in [2.24, 2.45) is 0 Å². The third-order valence-electron chi connectivity index (χ3n) is 5.37. The Morgan fingerprint density at radius 1 is 1.23 bits per heavy atom. The molecule has 1 fully saturated rings. The maximum atomic E-state index is 14.9. The van der Waals surface area contributed by atoms with Crippen molar-refractivity contribution >= 4 is 28.5 Å². The normalized spacial score (nSPS) is 16.3. The number of hydrogen-bond acceptors (Lipinski definition) is 6. The molecule has 1 aliphatic rings. The van der Waals surface area contributed by atoms with Crippen LogP contribution in [-0.4, -0.2) is 46.8 Å². The molecule has 0 aliphatic carbocycles. The molecule has 0 amide bonds. The number of anilines is 2. The summed E-state index contributed by atoms with van der Waals surface area (Å²) in [7, 11) is 1.78. The number of aromatic carboxylic acids is 1. The molecule has 4 rings (SSSR count). The summed E-state index contributed by atoms with van der Waals surface area (Å²) < 4.78 is 44.1. The van der Waals surface area contributed by atoms with E-state index >= 15 is 0 Å². The van der Waals surface area contributed by atoms with E-state index in [4.69, 9.17) is 5.73 Å². The molecule has 1 aromatic carbocycles. The predicted molar refractivity (Wildman–Crippen MR) is 108 cm³/mol. The van der Waals surface area contributed by atoms with Crippen LogP contribution in [0.15, 0.2) is 29.2 Å². The lowest BCUT2D eigenvalue weighted by atomic mass is 10.1. The van der Waals surface area contributed by atoms with Gasteiger partial charge in [-0.05, 0) is 25.6 Å². The predicted octanol–water partition coefficient (Wildman–Crippen LogP) is 1.88. The first-order valence-electron chi connectivity index (χ1n) is 9.37. The van der Waals surface area contributed by atoms with Gasteiger partial charge in [0.15, 0.2) is 17.3 Å². The van der Waals surface area contributed by atoms with Gasteiger partial charge in [-0.3, -0.25) is 9.36 Å². The van der Waals surface area contributed by atoms with Crippen molar-refractivity contribution in [1.82, 2.24) is 14.9 Å². The van der Waals surface area contributed by atoms with Gasteiger partial charge in [-0.25, -0.2) is 22.9 Å². The average Bonchev–Trinajstić information content (AvgIpc) is 3.20. The van der Waals surface area contributed by atoms with E-state index in [0.29, 0.717) is 19.2 Å². The summed E-state index contributed by atoms with van der Waals surface area (Å²) in [6.07, 6.45) is 1.61. The van der Waals surface area contributed by atoms with E-state index in [9.17, 15) is 27.9 Å². The van der Waals surface area contributed by atoms with E-state index in [-0.39, 0.29) is 34.3 Å². The highest BCUT2D eigenvalue weighted by atomic mass is 19.1. The topological polar surface area (TPSA) is 113 Å². The molecule has 0 bridgehead atoms. The van der Waals surface area contributed by atoms with Crippen LogP contribution in [0.4, 0.5) is 24.7 Å². The molecule has 0 unspecified atom stereocenters. The molecular weight excluding hydrogens is 415 g/mol. The van der Waals surface area contributed by atoms with Crippen LogP contribution in [0.5, 0.6) is 0 Å². The summed E-state index contributed by atoms with van der Waals surface area (Å²) in [4.78, 5) is 30.1. The Bertz CT molecular complexity index is 1280. The fourth-order valence-electron chi connectivity index (χ4n) is 3.70. The van der Waals surface area contributed by atoms with Gasteiger partial charge in [0.2, 0.25) is 5.43 Å². The number of hydrogen-bond donors (Lipinski definition) is 3. The molecule has 4 N–H and O–H groups in total. The van der Waals surface area contributed by atoms with Crippen LogP contribution in [0.1, 0.15) is 16.8 Å². The third kappa shape index (κ3) is 3.46. The number of nitrogen functional groups attached to an aromatic ring is 1. The molecule has 3 aromatic rings. The molecule has 1 aliphatic heterocycles. The van der Waals surface area contributed by atoms with Gasteiger partial charge in [-0.1, -0.05) is 0 Å². The molecule has 0 spiro atoms. The molecule has 31 heavy (non-hydrogen) atoms. The smallest absolute Gasteiger partial charge is 0.341 e. The van der Waals surface area contributed by atoms with Crippen LogP contribution in [0.2, 0.25) is 0 Å². The molecule has 1 saturated heterocycles. The van der Waals surface area contributed by atoms with Gasteiger partial charge >= 0.3 is 5.97 Å². The Labute approximate surface area is 173 Å². The van der Waals surface area contributed by atoms with E-state index in [2.05, 4.69) is 10.3 Å². The van der Waals surface area contributed by atoms with Gasteiger partial charge in [0.25, 0.3) is 0 Å². The van der Waals surface area contributed by atoms with E-state index in [1.54, 1.807) is 11.9 Å². The zero-order chi connectivity index (χ0) is 22.4. The number of rotatable bonds is 4. The first-order chi connectivity index (χ1) is 14.7. The lowest BCUT2D eigenvalue weighted by Gasteiger charge is -2.20. The minimum atomic E-state index is -1.59. The largest absolute Gasteiger partial charge is 0.477 e. The summed E-state index contributed by atoms with van der Waals surface area (Å²) >= 11 is 0. The van der Waals surface area contributed by atoms with Crippen LogP contribution in [-0.2, 0) is 0 Å². The Morgan fingerprint density at radius 3 is 2.61 bits per heavy atom. The number of nitrogens with two attached hydrogens (primary N) is 1. The second-order valence-electron chi connectivity index (χ2n) is 7.26. The van der Waals surface area contributed by atoms with Crippen molar-refractivity contribution in [3.63, 3.8) is 0 Å². The van der Waals surface area contributed by atoms with Crippen molar-refractivity contribution in [3.8, 4) is 5.69 Å². The van der Waals surface area contributed by atoms with Gasteiger partial charge < -0.3 is 21.1 Å². The summed E-state index contributed by atoms with van der Waals surface area (Å²) in [6.45, 7) is 0.956. The first kappa shape index (κ1) is 20.7. The molecule has 3 heterocycles. The molecule has 2 aromatic heterocycles. The molecule has 0 radical (unpaired) electrons. The van der Waals surface area contributed by atoms with E-state index in [0.717, 1.165) is 29.3 Å². The maximum Gasteiger partial charge on any atom is 0.341 e. The van der Waals surface area contributed by atoms with Crippen LogP contribution >= 0.6 is 0 Å². The number of carbonyl (C=O) groups is 1.